The van der Waals surface area contributed by atoms with E-state index in [9.17, 15) is 14.7 Å². The second-order valence-electron chi connectivity index (χ2n) is 5.53. The Bertz CT molecular complexity index is 1100. The summed E-state index contributed by atoms with van der Waals surface area (Å²) in [5, 5.41) is 16.0. The van der Waals surface area contributed by atoms with E-state index in [-0.39, 0.29) is 17.1 Å². The van der Waals surface area contributed by atoms with Crippen LogP contribution in [0.3, 0.4) is 0 Å². The lowest BCUT2D eigenvalue weighted by atomic mass is 10.2. The number of hydrogen-bond acceptors (Lipinski definition) is 5. The van der Waals surface area contributed by atoms with Crippen molar-refractivity contribution in [1.82, 2.24) is 14.8 Å². The number of aryl methyl sites for hydroxylation is 1. The van der Waals surface area contributed by atoms with Gasteiger partial charge >= 0.3 is 0 Å². The number of thiazole rings is 1. The molecule has 134 valence electrons. The van der Waals surface area contributed by atoms with Gasteiger partial charge in [-0.05, 0) is 32.0 Å². The first kappa shape index (κ1) is 18.4. The summed E-state index contributed by atoms with van der Waals surface area (Å²) in [6.07, 6.45) is 1.00. The molecule has 2 heterocycles. The van der Waals surface area contributed by atoms with Crippen LogP contribution in [0.15, 0.2) is 34.4 Å². The average Bonchev–Trinajstić information content (AvgIpc) is 3.11. The zero-order valence-electron chi connectivity index (χ0n) is 13.7. The van der Waals surface area contributed by atoms with Crippen LogP contribution in [0, 0.1) is 6.92 Å². The van der Waals surface area contributed by atoms with E-state index in [1.807, 2.05) is 0 Å². The number of benzene rings is 1. The SMILES string of the molecule is CC(=O)C=C(O)c1c(C)[nH]n(-c2nc(-c3ccc(Cl)cc3Cl)cs2)c1=O. The molecule has 0 spiro atoms. The molecule has 3 rings (SSSR count). The zero-order chi connectivity index (χ0) is 19.0. The normalized spacial score (nSPS) is 11.8. The quantitative estimate of drug-likeness (QED) is 0.493. The molecular formula is C17H13Cl2N3O3S. The molecule has 0 aliphatic carbocycles. The van der Waals surface area contributed by atoms with Gasteiger partial charge in [0.25, 0.3) is 5.56 Å². The first-order valence-corrected chi connectivity index (χ1v) is 9.06. The van der Waals surface area contributed by atoms with Crippen molar-refractivity contribution in [3.8, 4) is 16.4 Å². The van der Waals surface area contributed by atoms with Crippen molar-refractivity contribution >= 4 is 46.1 Å². The standard InChI is InChI=1S/C17H13Cl2N3O3S/c1-8(23)5-14(24)15-9(2)21-22(16(15)25)17-20-13(7-26-17)11-4-3-10(18)6-12(11)19/h3-7,21,24H,1-2H3. The van der Waals surface area contributed by atoms with E-state index in [0.29, 0.717) is 32.1 Å². The molecular weight excluding hydrogens is 397 g/mol. The van der Waals surface area contributed by atoms with Crippen molar-refractivity contribution in [3.05, 3.63) is 61.3 Å². The number of nitrogens with zero attached hydrogens (tertiary/aromatic N) is 2. The Kier molecular flexibility index (Phi) is 5.04. The van der Waals surface area contributed by atoms with Gasteiger partial charge in [-0.15, -0.1) is 11.3 Å². The number of ketones is 1. The summed E-state index contributed by atoms with van der Waals surface area (Å²) < 4.78 is 1.22. The minimum Gasteiger partial charge on any atom is -0.507 e. The number of H-pyrrole nitrogens is 1. The predicted molar refractivity (Wildman–Crippen MR) is 104 cm³/mol. The number of hydrogen-bond donors (Lipinski definition) is 2. The summed E-state index contributed by atoms with van der Waals surface area (Å²) in [7, 11) is 0. The number of nitrogens with one attached hydrogen (secondary N) is 1. The van der Waals surface area contributed by atoms with Gasteiger partial charge in [0.1, 0.15) is 11.3 Å². The first-order chi connectivity index (χ1) is 12.3. The molecule has 0 saturated heterocycles. The number of rotatable bonds is 4. The molecule has 3 aromatic rings. The summed E-state index contributed by atoms with van der Waals surface area (Å²) in [5.41, 5.74) is 1.23. The molecule has 0 saturated carbocycles. The average molecular weight is 410 g/mol. The molecule has 0 fully saturated rings. The summed E-state index contributed by atoms with van der Waals surface area (Å²) in [4.78, 5) is 28.2. The molecule has 1 aromatic carbocycles. The Balaban J connectivity index is 2.06. The maximum atomic E-state index is 12.6. The van der Waals surface area contributed by atoms with E-state index in [1.165, 1.54) is 22.9 Å². The third-order valence-electron chi connectivity index (χ3n) is 3.56. The summed E-state index contributed by atoms with van der Waals surface area (Å²) in [6.45, 7) is 2.92. The van der Waals surface area contributed by atoms with Gasteiger partial charge in [0.2, 0.25) is 5.13 Å². The van der Waals surface area contributed by atoms with Crippen LogP contribution >= 0.6 is 34.5 Å². The van der Waals surface area contributed by atoms with Gasteiger partial charge in [0, 0.05) is 27.7 Å². The van der Waals surface area contributed by atoms with Crippen LogP contribution in [0.25, 0.3) is 22.1 Å². The summed E-state index contributed by atoms with van der Waals surface area (Å²) in [5.74, 6) is -0.740. The molecule has 0 amide bonds. The largest absolute Gasteiger partial charge is 0.507 e. The van der Waals surface area contributed by atoms with Crippen molar-refractivity contribution in [2.24, 2.45) is 0 Å². The topological polar surface area (TPSA) is 88.0 Å². The fraction of sp³-hybridized carbons (Fsp3) is 0.118. The van der Waals surface area contributed by atoms with E-state index in [0.717, 1.165) is 6.08 Å². The van der Waals surface area contributed by atoms with Crippen LogP contribution < -0.4 is 5.56 Å². The third-order valence-corrected chi connectivity index (χ3v) is 4.93. The lowest BCUT2D eigenvalue weighted by Crippen LogP contribution is -2.17. The highest BCUT2D eigenvalue weighted by atomic mass is 35.5. The van der Waals surface area contributed by atoms with Gasteiger partial charge in [0.05, 0.1) is 10.7 Å². The maximum Gasteiger partial charge on any atom is 0.284 e. The van der Waals surface area contributed by atoms with Gasteiger partial charge in [-0.25, -0.2) is 4.98 Å². The fourth-order valence-corrected chi connectivity index (χ4v) is 3.72. The van der Waals surface area contributed by atoms with Gasteiger partial charge in [0.15, 0.2) is 5.78 Å². The first-order valence-electron chi connectivity index (χ1n) is 7.42. The van der Waals surface area contributed by atoms with Crippen LogP contribution in [-0.2, 0) is 4.79 Å². The molecule has 0 aliphatic rings. The maximum absolute atomic E-state index is 12.6. The molecule has 9 heteroatoms. The molecule has 0 unspecified atom stereocenters. The zero-order valence-corrected chi connectivity index (χ0v) is 16.0. The van der Waals surface area contributed by atoms with Gasteiger partial charge in [-0.3, -0.25) is 14.7 Å². The van der Waals surface area contributed by atoms with Crippen molar-refractivity contribution < 1.29 is 9.90 Å². The Hall–Kier alpha value is -2.35. The second-order valence-corrected chi connectivity index (χ2v) is 7.21. The Morgan fingerprint density at radius 1 is 1.38 bits per heavy atom. The van der Waals surface area contributed by atoms with E-state index in [4.69, 9.17) is 23.2 Å². The number of allylic oxidation sites excluding steroid dienone is 1. The van der Waals surface area contributed by atoms with Crippen molar-refractivity contribution in [2.75, 3.05) is 0 Å². The van der Waals surface area contributed by atoms with Crippen molar-refractivity contribution in [1.29, 1.82) is 0 Å². The minimum atomic E-state index is -0.499. The number of aliphatic hydroxyl groups excluding tert-OH is 1. The van der Waals surface area contributed by atoms with Gasteiger partial charge < -0.3 is 5.11 Å². The smallest absolute Gasteiger partial charge is 0.284 e. The predicted octanol–water partition coefficient (Wildman–Crippen LogP) is 4.39. The van der Waals surface area contributed by atoms with Crippen LogP contribution in [0.2, 0.25) is 10.0 Å². The minimum absolute atomic E-state index is 0.0291. The lowest BCUT2D eigenvalue weighted by molar-refractivity contribution is -0.112. The van der Waals surface area contributed by atoms with Crippen LogP contribution in [-0.4, -0.2) is 25.7 Å². The highest BCUT2D eigenvalue weighted by Gasteiger charge is 2.19. The summed E-state index contributed by atoms with van der Waals surface area (Å²) in [6, 6.07) is 5.07. The lowest BCUT2D eigenvalue weighted by Gasteiger charge is -2.00. The third kappa shape index (κ3) is 3.46. The summed E-state index contributed by atoms with van der Waals surface area (Å²) >= 11 is 13.3. The molecule has 0 aliphatic heterocycles. The Morgan fingerprint density at radius 2 is 2.12 bits per heavy atom. The molecule has 0 atom stereocenters. The van der Waals surface area contributed by atoms with E-state index in [2.05, 4.69) is 10.1 Å². The van der Waals surface area contributed by atoms with E-state index >= 15 is 0 Å². The van der Waals surface area contributed by atoms with Gasteiger partial charge in [-0.2, -0.15) is 4.68 Å². The van der Waals surface area contributed by atoms with Crippen LogP contribution in [0.4, 0.5) is 0 Å². The molecule has 0 radical (unpaired) electrons. The number of carbonyl (C=O) groups excluding carboxylic acids is 1. The van der Waals surface area contributed by atoms with Crippen molar-refractivity contribution in [2.45, 2.75) is 13.8 Å². The van der Waals surface area contributed by atoms with Crippen LogP contribution in [0.5, 0.6) is 0 Å². The highest BCUT2D eigenvalue weighted by molar-refractivity contribution is 7.12. The molecule has 6 nitrogen and oxygen atoms in total. The number of halogens is 2. The van der Waals surface area contributed by atoms with E-state index in [1.54, 1.807) is 30.5 Å². The van der Waals surface area contributed by atoms with Gasteiger partial charge in [-0.1, -0.05) is 23.2 Å². The fourth-order valence-electron chi connectivity index (χ4n) is 2.44. The molecule has 2 aromatic heterocycles. The Morgan fingerprint density at radius 3 is 2.77 bits per heavy atom. The number of aliphatic hydroxyl groups is 1. The number of aromatic nitrogens is 3. The number of carbonyl (C=O) groups is 1. The monoisotopic (exact) mass is 409 g/mol. The molecule has 26 heavy (non-hydrogen) atoms. The molecule has 2 N–H and O–H groups in total. The van der Waals surface area contributed by atoms with E-state index < -0.39 is 5.56 Å². The highest BCUT2D eigenvalue weighted by Crippen LogP contribution is 2.31. The number of aromatic amines is 1. The Labute approximate surface area is 162 Å². The second kappa shape index (κ2) is 7.11. The van der Waals surface area contributed by atoms with Crippen LogP contribution in [0.1, 0.15) is 18.2 Å². The molecule has 0 bridgehead atoms. The van der Waals surface area contributed by atoms with Crippen molar-refractivity contribution in [3.63, 3.8) is 0 Å².